The standard InChI is InChI=1S/C36H41FN8O4/c1-20-26-10-9-21-15-28(45(33(21)41-26)12-7-5-6-8-22-17-39-18-24(37)31(22)35(46)40-20)34-42-27-14-23(16-30(49-4)32(27)43(34)2)36(47)44-13-11-29(48-3)25(38)19-44/h9-10,14-18,20,25,29H,5-8,11-13,19,38H2,1-4H3,(H,40,46)/t20-,25+,29-/m1/s1/i3D3. The number of ether oxygens (including phenoxy) is 2. The van der Waals surface area contributed by atoms with Gasteiger partial charge in [0.15, 0.2) is 11.6 Å². The van der Waals surface area contributed by atoms with Crippen LogP contribution in [0.5, 0.6) is 5.75 Å². The van der Waals surface area contributed by atoms with Gasteiger partial charge in [0.1, 0.15) is 16.9 Å². The average molecular weight is 672 g/mol. The maximum Gasteiger partial charge on any atom is 0.255 e. The number of nitrogens with zero attached hydrogens (tertiary/aromatic N) is 6. The molecule has 13 heteroatoms. The molecule has 2 aliphatic rings. The summed E-state index contributed by atoms with van der Waals surface area (Å²) in [6, 6.07) is 8.13. The van der Waals surface area contributed by atoms with E-state index in [0.29, 0.717) is 65.4 Å². The van der Waals surface area contributed by atoms with Gasteiger partial charge in [-0.25, -0.2) is 14.4 Å². The maximum absolute atomic E-state index is 14.8. The summed E-state index contributed by atoms with van der Waals surface area (Å²) in [4.78, 5) is 42.7. The van der Waals surface area contributed by atoms with Crippen LogP contribution in [0.15, 0.2) is 42.7 Å². The smallest absolute Gasteiger partial charge is 0.255 e. The van der Waals surface area contributed by atoms with Crippen molar-refractivity contribution < 1.29 is 27.6 Å². The number of nitrogens with one attached hydrogen (secondary N) is 1. The van der Waals surface area contributed by atoms with Crippen molar-refractivity contribution in [2.45, 2.75) is 63.8 Å². The van der Waals surface area contributed by atoms with Crippen LogP contribution in [-0.2, 0) is 24.8 Å². The third-order valence-corrected chi connectivity index (χ3v) is 9.75. The molecule has 3 N–H and O–H groups in total. The predicted octanol–water partition coefficient (Wildman–Crippen LogP) is 4.54. The lowest BCUT2D eigenvalue weighted by Gasteiger charge is -2.36. The highest BCUT2D eigenvalue weighted by atomic mass is 19.1. The van der Waals surface area contributed by atoms with Crippen molar-refractivity contribution in [3.63, 3.8) is 0 Å². The number of piperidine rings is 1. The van der Waals surface area contributed by atoms with Crippen molar-refractivity contribution in [2.75, 3.05) is 27.2 Å². The Bertz CT molecular complexity index is 2180. The number of benzene rings is 1. The van der Waals surface area contributed by atoms with E-state index in [-0.39, 0.29) is 18.0 Å². The molecule has 2 amide bonds. The minimum atomic E-state index is -2.57. The zero-order valence-corrected chi connectivity index (χ0v) is 27.7. The van der Waals surface area contributed by atoms with Crippen molar-refractivity contribution in [2.24, 2.45) is 12.8 Å². The lowest BCUT2D eigenvalue weighted by molar-refractivity contribution is 0.0227. The van der Waals surface area contributed by atoms with E-state index in [1.165, 1.54) is 0 Å². The summed E-state index contributed by atoms with van der Waals surface area (Å²) in [7, 11) is 0.880. The second-order valence-corrected chi connectivity index (χ2v) is 12.9. The lowest BCUT2D eigenvalue weighted by Crippen LogP contribution is -2.53. The molecule has 0 saturated carbocycles. The van der Waals surface area contributed by atoms with Gasteiger partial charge in [-0.2, -0.15) is 0 Å². The molecule has 1 aromatic carbocycles. The lowest BCUT2D eigenvalue weighted by atomic mass is 10.0. The largest absolute Gasteiger partial charge is 0.494 e. The number of halogens is 1. The summed E-state index contributed by atoms with van der Waals surface area (Å²) in [5.74, 6) is -0.283. The molecule has 7 rings (SSSR count). The van der Waals surface area contributed by atoms with Crippen molar-refractivity contribution in [3.05, 3.63) is 70.9 Å². The molecule has 1 fully saturated rings. The third kappa shape index (κ3) is 5.90. The molecule has 4 aromatic heterocycles. The number of methoxy groups -OCH3 is 2. The van der Waals surface area contributed by atoms with Gasteiger partial charge in [0.25, 0.3) is 11.8 Å². The molecular weight excluding hydrogens is 627 g/mol. The van der Waals surface area contributed by atoms with E-state index < -0.39 is 37.0 Å². The van der Waals surface area contributed by atoms with E-state index in [2.05, 4.69) is 14.9 Å². The zero-order valence-electron chi connectivity index (χ0n) is 30.7. The number of hydrogen-bond donors (Lipinski definition) is 2. The Morgan fingerprint density at radius 2 is 2.00 bits per heavy atom. The van der Waals surface area contributed by atoms with Crippen LogP contribution in [0.25, 0.3) is 33.6 Å². The van der Waals surface area contributed by atoms with Gasteiger partial charge in [0, 0.05) is 56.9 Å². The Kier molecular flexibility index (Phi) is 7.83. The molecule has 2 aliphatic heterocycles. The van der Waals surface area contributed by atoms with Gasteiger partial charge < -0.3 is 34.6 Å². The second kappa shape index (κ2) is 13.2. The van der Waals surface area contributed by atoms with Gasteiger partial charge in [-0.05, 0) is 68.5 Å². The number of aromatic nitrogens is 5. The van der Waals surface area contributed by atoms with Crippen molar-refractivity contribution in [3.8, 4) is 17.3 Å². The zero-order chi connectivity index (χ0) is 36.9. The first-order valence-electron chi connectivity index (χ1n) is 18.0. The monoisotopic (exact) mass is 671 g/mol. The predicted molar refractivity (Wildman–Crippen MR) is 183 cm³/mol. The van der Waals surface area contributed by atoms with Crippen molar-refractivity contribution in [1.29, 1.82) is 0 Å². The van der Waals surface area contributed by atoms with Crippen LogP contribution in [0, 0.1) is 5.82 Å². The number of nitrogens with two attached hydrogens (primary N) is 1. The number of rotatable bonds is 4. The molecule has 0 aliphatic carbocycles. The molecule has 49 heavy (non-hydrogen) atoms. The maximum atomic E-state index is 14.8. The van der Waals surface area contributed by atoms with Gasteiger partial charge in [0.05, 0.1) is 52.0 Å². The number of amides is 2. The first-order valence-corrected chi connectivity index (χ1v) is 16.5. The van der Waals surface area contributed by atoms with Gasteiger partial charge in [0.2, 0.25) is 0 Å². The molecule has 256 valence electrons. The SMILES string of the molecule is [2H]C([2H])([2H])O[C@@H]1CCN(C(=O)c2cc(OC)c3c(c2)nc(-c2cc4ccc5nc4n2CCCCCc2cncc(F)c2C(=O)N[C@@H]5C)n3C)C[C@@H]1N. The van der Waals surface area contributed by atoms with Gasteiger partial charge in [-0.15, -0.1) is 0 Å². The molecule has 0 unspecified atom stereocenters. The Balaban J connectivity index is 1.24. The van der Waals surface area contributed by atoms with Crippen molar-refractivity contribution >= 4 is 33.9 Å². The summed E-state index contributed by atoms with van der Waals surface area (Å²) in [5.41, 5.74) is 10.7. The summed E-state index contributed by atoms with van der Waals surface area (Å²) in [6.07, 6.45) is 5.13. The average Bonchev–Trinajstić information content (AvgIpc) is 3.63. The van der Waals surface area contributed by atoms with E-state index in [4.69, 9.17) is 29.3 Å². The summed E-state index contributed by atoms with van der Waals surface area (Å²) < 4.78 is 52.1. The molecule has 5 aromatic rings. The Labute approximate surface area is 287 Å². The van der Waals surface area contributed by atoms with Crippen LogP contribution < -0.4 is 15.8 Å². The summed E-state index contributed by atoms with van der Waals surface area (Å²) in [6.45, 7) is 2.89. The van der Waals surface area contributed by atoms with E-state index in [1.807, 2.05) is 36.7 Å². The molecule has 3 atom stereocenters. The van der Waals surface area contributed by atoms with Crippen molar-refractivity contribution in [1.82, 2.24) is 34.3 Å². The Morgan fingerprint density at radius 3 is 2.80 bits per heavy atom. The van der Waals surface area contributed by atoms with Crippen LogP contribution in [0.4, 0.5) is 4.39 Å². The minimum absolute atomic E-state index is 0.0292. The van der Waals surface area contributed by atoms with Gasteiger partial charge in [-0.3, -0.25) is 14.6 Å². The molecule has 1 saturated heterocycles. The van der Waals surface area contributed by atoms with Crippen LogP contribution in [0.2, 0.25) is 0 Å². The van der Waals surface area contributed by atoms with Crippen LogP contribution >= 0.6 is 0 Å². The fourth-order valence-electron chi connectivity index (χ4n) is 7.11. The third-order valence-electron chi connectivity index (χ3n) is 9.75. The number of carbonyl (C=O) groups is 2. The number of likely N-dealkylation sites (tertiary alicyclic amines) is 1. The number of fused-ring (bicyclic) bond motifs is 3. The number of imidazole rings is 1. The number of aryl methyl sites for hydroxylation is 3. The van der Waals surface area contributed by atoms with Crippen LogP contribution in [0.1, 0.15) is 74.7 Å². The topological polar surface area (TPSA) is 142 Å². The van der Waals surface area contributed by atoms with Gasteiger partial charge in [-0.1, -0.05) is 6.42 Å². The van der Waals surface area contributed by atoms with Crippen LogP contribution in [-0.4, -0.2) is 80.2 Å². The van der Waals surface area contributed by atoms with E-state index in [9.17, 15) is 14.0 Å². The highest BCUT2D eigenvalue weighted by Crippen LogP contribution is 2.35. The molecule has 12 nitrogen and oxygen atoms in total. The molecular formula is C36H41FN8O4. The number of carbonyl (C=O) groups excluding carboxylic acids is 2. The molecule has 0 spiro atoms. The quantitative estimate of drug-likeness (QED) is 0.284. The highest BCUT2D eigenvalue weighted by Gasteiger charge is 2.31. The number of hydrogen-bond acceptors (Lipinski definition) is 8. The Hall–Kier alpha value is -4.88. The fourth-order valence-corrected chi connectivity index (χ4v) is 7.11. The molecule has 0 radical (unpaired) electrons. The van der Waals surface area contributed by atoms with E-state index in [0.717, 1.165) is 42.2 Å². The van der Waals surface area contributed by atoms with E-state index in [1.54, 1.807) is 30.3 Å². The first-order chi connectivity index (χ1) is 24.8. The molecule has 6 heterocycles. The second-order valence-electron chi connectivity index (χ2n) is 12.9. The summed E-state index contributed by atoms with van der Waals surface area (Å²) >= 11 is 0. The number of pyridine rings is 2. The molecule has 2 bridgehead atoms. The summed E-state index contributed by atoms with van der Waals surface area (Å²) in [5, 5.41) is 3.82. The minimum Gasteiger partial charge on any atom is -0.494 e. The normalized spacial score (nSPS) is 21.5. The van der Waals surface area contributed by atoms with Gasteiger partial charge >= 0.3 is 0 Å². The van der Waals surface area contributed by atoms with Crippen LogP contribution in [0.3, 0.4) is 0 Å². The fraction of sp³-hybridized carbons (Fsp3) is 0.417. The van der Waals surface area contributed by atoms with E-state index >= 15 is 0 Å². The Morgan fingerprint density at radius 1 is 1.14 bits per heavy atom. The highest BCUT2D eigenvalue weighted by molar-refractivity contribution is 6.00. The first kappa shape index (κ1) is 29.1.